The zero-order chi connectivity index (χ0) is 29.4. The molecule has 1 aliphatic heterocycles. The first kappa shape index (κ1) is 30.0. The zero-order valence-corrected chi connectivity index (χ0v) is 24.8. The molecule has 11 nitrogen and oxygen atoms in total. The molecule has 2 aromatic heterocycles. The minimum atomic E-state index is -2.67. The summed E-state index contributed by atoms with van der Waals surface area (Å²) in [6, 6.07) is 3.74. The Morgan fingerprint density at radius 1 is 1.25 bits per heavy atom. The van der Waals surface area contributed by atoms with Crippen LogP contribution in [0.4, 0.5) is 25.0 Å². The van der Waals surface area contributed by atoms with Gasteiger partial charge in [-0.15, -0.1) is 5.10 Å². The lowest BCUT2D eigenvalue weighted by molar-refractivity contribution is 0.0240. The number of amides is 1. The van der Waals surface area contributed by atoms with Crippen LogP contribution < -0.4 is 15.8 Å². The fourth-order valence-corrected chi connectivity index (χ4v) is 5.11. The number of aliphatic hydroxyl groups excluding tert-OH is 1. The number of nitrogens with one attached hydrogen (secondary N) is 1. The van der Waals surface area contributed by atoms with Gasteiger partial charge in [0.15, 0.2) is 0 Å². The smallest absolute Gasteiger partial charge is 0.410 e. The lowest BCUT2D eigenvalue weighted by Gasteiger charge is -2.37. The van der Waals surface area contributed by atoms with Gasteiger partial charge in [-0.3, -0.25) is 4.79 Å². The van der Waals surface area contributed by atoms with Crippen molar-refractivity contribution in [1.82, 2.24) is 24.1 Å². The average Bonchev–Trinajstić information content (AvgIpc) is 3.27. The summed E-state index contributed by atoms with van der Waals surface area (Å²) in [5.74, 6) is 0.213. The summed E-state index contributed by atoms with van der Waals surface area (Å²) in [7, 11) is 0. The Labute approximate surface area is 242 Å². The number of nitrogens with zero attached hydrogens (tertiary/aromatic N) is 6. The lowest BCUT2D eigenvalue weighted by atomic mass is 10.2. The van der Waals surface area contributed by atoms with Crippen molar-refractivity contribution in [2.45, 2.75) is 58.9 Å². The van der Waals surface area contributed by atoms with Gasteiger partial charge in [0, 0.05) is 37.4 Å². The number of rotatable bonds is 7. The number of hydrogen-bond acceptors (Lipinski definition) is 8. The maximum atomic E-state index is 13.6. The number of hydrogen-bond donors (Lipinski definition) is 2. The molecular weight excluding hydrogens is 616 g/mol. The molecule has 1 fully saturated rings. The molecule has 0 radical (unpaired) electrons. The highest BCUT2D eigenvalue weighted by Gasteiger charge is 2.30. The molecule has 0 spiro atoms. The van der Waals surface area contributed by atoms with Gasteiger partial charge in [-0.05, 0) is 55.3 Å². The SMILES string of the molecule is CCc1c(N2CCN(C(=O)OC(C)(C)C)CC2)c(=O)n2nc(Br)nc2n1CC(O)Nc1ccc(C(F)F)cc1Cl. The molecule has 0 bridgehead atoms. The van der Waals surface area contributed by atoms with Crippen LogP contribution >= 0.6 is 27.5 Å². The van der Waals surface area contributed by atoms with Gasteiger partial charge in [-0.1, -0.05) is 24.6 Å². The quantitative estimate of drug-likeness (QED) is 0.365. The minimum absolute atomic E-state index is 0.0337. The van der Waals surface area contributed by atoms with Gasteiger partial charge in [0.25, 0.3) is 12.0 Å². The van der Waals surface area contributed by atoms with Crippen LogP contribution in [0.2, 0.25) is 5.02 Å². The molecule has 1 atom stereocenters. The van der Waals surface area contributed by atoms with Crippen LogP contribution in [0.25, 0.3) is 5.78 Å². The maximum Gasteiger partial charge on any atom is 0.410 e. The number of aromatic nitrogens is 4. The number of piperazine rings is 1. The second-order valence-corrected chi connectivity index (χ2v) is 11.4. The van der Waals surface area contributed by atoms with Gasteiger partial charge >= 0.3 is 6.09 Å². The molecule has 3 heterocycles. The zero-order valence-electron chi connectivity index (χ0n) is 22.5. The fourth-order valence-electron chi connectivity index (χ4n) is 4.55. The summed E-state index contributed by atoms with van der Waals surface area (Å²) >= 11 is 9.39. The Bertz CT molecular complexity index is 1450. The van der Waals surface area contributed by atoms with E-state index in [-0.39, 0.29) is 38.9 Å². The van der Waals surface area contributed by atoms with Gasteiger partial charge in [0.1, 0.15) is 17.5 Å². The van der Waals surface area contributed by atoms with Crippen molar-refractivity contribution in [3.05, 3.63) is 49.6 Å². The summed E-state index contributed by atoms with van der Waals surface area (Å²) in [5, 5.41) is 18.0. The third-order valence-electron chi connectivity index (χ3n) is 6.30. The number of halogens is 4. The largest absolute Gasteiger partial charge is 0.444 e. The van der Waals surface area contributed by atoms with E-state index in [2.05, 4.69) is 31.3 Å². The molecule has 1 unspecified atom stereocenters. The maximum absolute atomic E-state index is 13.6. The number of fused-ring (bicyclic) bond motifs is 1. The number of ether oxygens (including phenoxy) is 1. The molecule has 40 heavy (non-hydrogen) atoms. The number of aliphatic hydroxyl groups is 1. The Kier molecular flexibility index (Phi) is 8.90. The van der Waals surface area contributed by atoms with Crippen LogP contribution in [0.5, 0.6) is 0 Å². The monoisotopic (exact) mass is 645 g/mol. The molecule has 1 amide bonds. The molecule has 2 N–H and O–H groups in total. The van der Waals surface area contributed by atoms with E-state index in [0.717, 1.165) is 10.6 Å². The summed E-state index contributed by atoms with van der Waals surface area (Å²) in [4.78, 5) is 34.0. The van der Waals surface area contributed by atoms with Crippen LogP contribution in [0.3, 0.4) is 0 Å². The highest BCUT2D eigenvalue weighted by Crippen LogP contribution is 2.29. The summed E-state index contributed by atoms with van der Waals surface area (Å²) in [5.41, 5.74) is 0.0540. The predicted octanol–water partition coefficient (Wildman–Crippen LogP) is 4.29. The number of benzene rings is 1. The van der Waals surface area contributed by atoms with E-state index < -0.39 is 24.3 Å². The van der Waals surface area contributed by atoms with Crippen molar-refractivity contribution in [3.63, 3.8) is 0 Å². The summed E-state index contributed by atoms with van der Waals surface area (Å²) in [6.45, 7) is 8.71. The molecular formula is C25H31BrClF2N7O4. The van der Waals surface area contributed by atoms with Crippen molar-refractivity contribution >= 4 is 50.8 Å². The minimum Gasteiger partial charge on any atom is -0.444 e. The molecule has 0 saturated carbocycles. The Morgan fingerprint density at radius 2 is 1.93 bits per heavy atom. The Balaban J connectivity index is 1.63. The van der Waals surface area contributed by atoms with E-state index in [1.807, 2.05) is 11.8 Å². The van der Waals surface area contributed by atoms with Crippen molar-refractivity contribution in [2.75, 3.05) is 36.4 Å². The summed E-state index contributed by atoms with van der Waals surface area (Å²) < 4.78 is 34.5. The molecule has 1 saturated heterocycles. The first-order valence-corrected chi connectivity index (χ1v) is 13.9. The highest BCUT2D eigenvalue weighted by molar-refractivity contribution is 9.10. The fraction of sp³-hybridized carbons (Fsp3) is 0.520. The van der Waals surface area contributed by atoms with Crippen LogP contribution in [-0.4, -0.2) is 73.3 Å². The highest BCUT2D eigenvalue weighted by atomic mass is 79.9. The third-order valence-corrected chi connectivity index (χ3v) is 6.95. The number of carbonyl (C=O) groups is 1. The van der Waals surface area contributed by atoms with E-state index in [4.69, 9.17) is 16.3 Å². The lowest BCUT2D eigenvalue weighted by Crippen LogP contribution is -2.51. The van der Waals surface area contributed by atoms with E-state index in [0.29, 0.717) is 44.0 Å². The normalized spacial score (nSPS) is 15.2. The summed E-state index contributed by atoms with van der Waals surface area (Å²) in [6.07, 6.45) is -3.88. The van der Waals surface area contributed by atoms with Crippen molar-refractivity contribution in [1.29, 1.82) is 0 Å². The second-order valence-electron chi connectivity index (χ2n) is 10.3. The van der Waals surface area contributed by atoms with E-state index >= 15 is 0 Å². The van der Waals surface area contributed by atoms with Crippen LogP contribution in [0.1, 0.15) is 45.4 Å². The molecule has 4 rings (SSSR count). The molecule has 218 valence electrons. The average molecular weight is 647 g/mol. The number of anilines is 2. The first-order valence-electron chi connectivity index (χ1n) is 12.7. The number of carbonyl (C=O) groups excluding carboxylic acids is 1. The van der Waals surface area contributed by atoms with E-state index in [9.17, 15) is 23.5 Å². The van der Waals surface area contributed by atoms with Gasteiger partial charge in [-0.25, -0.2) is 13.6 Å². The van der Waals surface area contributed by atoms with Crippen molar-refractivity contribution < 1.29 is 23.4 Å². The first-order chi connectivity index (χ1) is 18.8. The predicted molar refractivity (Wildman–Crippen MR) is 150 cm³/mol. The van der Waals surface area contributed by atoms with Gasteiger partial charge in [0.2, 0.25) is 10.5 Å². The van der Waals surface area contributed by atoms with E-state index in [1.54, 1.807) is 30.2 Å². The Morgan fingerprint density at radius 3 is 2.50 bits per heavy atom. The van der Waals surface area contributed by atoms with E-state index in [1.165, 1.54) is 12.1 Å². The van der Waals surface area contributed by atoms with Gasteiger partial charge in [-0.2, -0.15) is 9.50 Å². The van der Waals surface area contributed by atoms with Crippen molar-refractivity contribution in [2.24, 2.45) is 0 Å². The van der Waals surface area contributed by atoms with Crippen LogP contribution in [-0.2, 0) is 17.7 Å². The molecule has 1 aliphatic rings. The van der Waals surface area contributed by atoms with Gasteiger partial charge < -0.3 is 29.5 Å². The third kappa shape index (κ3) is 6.50. The number of alkyl halides is 2. The molecule has 1 aromatic carbocycles. The second kappa shape index (κ2) is 11.9. The van der Waals surface area contributed by atoms with Crippen LogP contribution in [0, 0.1) is 0 Å². The topological polar surface area (TPSA) is 117 Å². The van der Waals surface area contributed by atoms with Gasteiger partial charge in [0.05, 0.1) is 17.3 Å². The standard InChI is InChI=1S/C25H31BrClF2N7O4/c1-5-17-19(33-8-10-34(11-9-33)24(39)40-25(2,3)4)21(38)36-23(31-22(26)32-36)35(17)13-18(37)30-16-7-6-14(20(28)29)12-15(16)27/h6-7,12,18,20,30,37H,5,8-11,13H2,1-4H3. The van der Waals surface area contributed by atoms with Crippen LogP contribution in [0.15, 0.2) is 27.7 Å². The molecule has 0 aliphatic carbocycles. The molecule has 3 aromatic rings. The molecule has 15 heteroatoms. The Hall–Kier alpha value is -2.97. The van der Waals surface area contributed by atoms with Crippen molar-refractivity contribution in [3.8, 4) is 0 Å².